The zero-order valence-electron chi connectivity index (χ0n) is 14.2. The summed E-state index contributed by atoms with van der Waals surface area (Å²) in [6, 6.07) is 2.42. The highest BCUT2D eigenvalue weighted by atomic mass is 16.2. The van der Waals surface area contributed by atoms with Crippen molar-refractivity contribution in [3.05, 3.63) is 35.9 Å². The van der Waals surface area contributed by atoms with Crippen LogP contribution in [0.15, 0.2) is 24.5 Å². The van der Waals surface area contributed by atoms with E-state index in [2.05, 4.69) is 10.6 Å². The molecule has 2 aromatic rings. The molecule has 2 heterocycles. The Morgan fingerprint density at radius 1 is 1.16 bits per heavy atom. The predicted octanol–water partition coefficient (Wildman–Crippen LogP) is 0.0430. The highest BCUT2D eigenvalue weighted by Gasteiger charge is 2.17. The summed E-state index contributed by atoms with van der Waals surface area (Å²) in [7, 11) is 3.40. The van der Waals surface area contributed by atoms with Gasteiger partial charge in [0.15, 0.2) is 6.29 Å². The van der Waals surface area contributed by atoms with Gasteiger partial charge in [0.1, 0.15) is 5.69 Å². The van der Waals surface area contributed by atoms with E-state index in [1.54, 1.807) is 47.8 Å². The average molecular weight is 346 g/mol. The Labute approximate surface area is 145 Å². The Balaban J connectivity index is 2.09. The van der Waals surface area contributed by atoms with Crippen molar-refractivity contribution in [1.82, 2.24) is 9.13 Å². The monoisotopic (exact) mass is 346 g/mol. The quantitative estimate of drug-likeness (QED) is 0.525. The van der Waals surface area contributed by atoms with Crippen LogP contribution >= 0.6 is 0 Å². The summed E-state index contributed by atoms with van der Waals surface area (Å²) in [5.74, 6) is -0.723. The molecule has 25 heavy (non-hydrogen) atoms. The second-order valence-electron chi connectivity index (χ2n) is 5.73. The van der Waals surface area contributed by atoms with Crippen molar-refractivity contribution in [1.29, 1.82) is 0 Å². The fraction of sp³-hybridized carbons (Fsp3) is 0.312. The lowest BCUT2D eigenvalue weighted by molar-refractivity contribution is -0.117. The molecule has 0 aliphatic carbocycles. The van der Waals surface area contributed by atoms with Gasteiger partial charge in [-0.05, 0) is 25.1 Å². The first-order chi connectivity index (χ1) is 11.8. The highest BCUT2D eigenvalue weighted by Crippen LogP contribution is 2.17. The van der Waals surface area contributed by atoms with Crippen LogP contribution in [0.3, 0.4) is 0 Å². The Kier molecular flexibility index (Phi) is 5.73. The number of hydrogen-bond acceptors (Lipinski definition) is 5. The van der Waals surface area contributed by atoms with Gasteiger partial charge in [-0.2, -0.15) is 0 Å². The van der Waals surface area contributed by atoms with Crippen molar-refractivity contribution in [3.8, 4) is 0 Å². The molecule has 0 saturated heterocycles. The van der Waals surface area contributed by atoms with Crippen LogP contribution < -0.4 is 22.1 Å². The number of anilines is 2. The van der Waals surface area contributed by atoms with Crippen molar-refractivity contribution in [2.45, 2.75) is 12.5 Å². The minimum atomic E-state index is -0.700. The number of rotatable bonds is 7. The number of carbonyl (C=O) groups is 3. The largest absolute Gasteiger partial charge is 0.346 e. The van der Waals surface area contributed by atoms with Crippen LogP contribution in [-0.4, -0.2) is 39.8 Å². The maximum Gasteiger partial charge on any atom is 0.272 e. The van der Waals surface area contributed by atoms with Gasteiger partial charge >= 0.3 is 0 Å². The van der Waals surface area contributed by atoms with Gasteiger partial charge in [-0.15, -0.1) is 0 Å². The minimum absolute atomic E-state index is 0.316. The lowest BCUT2D eigenvalue weighted by atomic mass is 10.2. The normalized spacial score (nSPS) is 11.8. The molecule has 2 amide bonds. The van der Waals surface area contributed by atoms with Gasteiger partial charge in [0.05, 0.1) is 23.1 Å². The smallest absolute Gasteiger partial charge is 0.272 e. The molecule has 0 aliphatic heterocycles. The zero-order valence-corrected chi connectivity index (χ0v) is 14.2. The van der Waals surface area contributed by atoms with E-state index in [4.69, 9.17) is 11.5 Å². The number of hydrogen-bond donors (Lipinski definition) is 4. The summed E-state index contributed by atoms with van der Waals surface area (Å²) in [4.78, 5) is 35.2. The Morgan fingerprint density at radius 3 is 2.40 bits per heavy atom. The van der Waals surface area contributed by atoms with Gasteiger partial charge in [-0.25, -0.2) is 0 Å². The fourth-order valence-corrected chi connectivity index (χ4v) is 2.37. The molecule has 0 aromatic carbocycles. The molecule has 134 valence electrons. The zero-order chi connectivity index (χ0) is 18.6. The van der Waals surface area contributed by atoms with E-state index in [9.17, 15) is 14.4 Å². The Bertz CT molecular complexity index is 792. The number of aromatic nitrogens is 2. The van der Waals surface area contributed by atoms with Crippen LogP contribution in [0.4, 0.5) is 11.4 Å². The van der Waals surface area contributed by atoms with Gasteiger partial charge in [-0.1, -0.05) is 0 Å². The molecule has 0 radical (unpaired) electrons. The van der Waals surface area contributed by atoms with Crippen molar-refractivity contribution < 1.29 is 14.4 Å². The lowest BCUT2D eigenvalue weighted by Gasteiger charge is -2.09. The van der Waals surface area contributed by atoms with Crippen molar-refractivity contribution in [2.75, 3.05) is 17.2 Å². The molecule has 9 heteroatoms. The topological polar surface area (TPSA) is 137 Å². The Morgan fingerprint density at radius 2 is 1.80 bits per heavy atom. The van der Waals surface area contributed by atoms with Gasteiger partial charge in [-0.3, -0.25) is 14.4 Å². The van der Waals surface area contributed by atoms with E-state index >= 15 is 0 Å². The van der Waals surface area contributed by atoms with E-state index < -0.39 is 6.04 Å². The second-order valence-corrected chi connectivity index (χ2v) is 5.73. The molecule has 1 unspecified atom stereocenters. The number of carbonyl (C=O) groups excluding carboxylic acids is 3. The van der Waals surface area contributed by atoms with Crippen LogP contribution in [0.2, 0.25) is 0 Å². The average Bonchev–Trinajstić information content (AvgIpc) is 3.09. The van der Waals surface area contributed by atoms with Gasteiger partial charge < -0.3 is 31.2 Å². The van der Waals surface area contributed by atoms with E-state index in [0.29, 0.717) is 42.0 Å². The van der Waals surface area contributed by atoms with Crippen molar-refractivity contribution >= 4 is 29.5 Å². The maximum atomic E-state index is 12.4. The van der Waals surface area contributed by atoms with E-state index in [1.807, 2.05) is 0 Å². The third-order valence-corrected chi connectivity index (χ3v) is 3.74. The molecule has 0 fully saturated rings. The highest BCUT2D eigenvalue weighted by molar-refractivity contribution is 6.05. The molecule has 0 spiro atoms. The second kappa shape index (κ2) is 7.77. The van der Waals surface area contributed by atoms with Crippen LogP contribution in [0.1, 0.15) is 27.4 Å². The number of amides is 2. The molecule has 0 aliphatic rings. The fourth-order valence-electron chi connectivity index (χ4n) is 2.37. The van der Waals surface area contributed by atoms with Crippen molar-refractivity contribution in [3.63, 3.8) is 0 Å². The summed E-state index contributed by atoms with van der Waals surface area (Å²) in [5, 5.41) is 5.37. The number of aryl methyl sites for hydroxylation is 2. The molecule has 0 saturated carbocycles. The first kappa shape index (κ1) is 18.4. The maximum absolute atomic E-state index is 12.4. The third kappa shape index (κ3) is 4.34. The molecule has 2 aromatic heterocycles. The predicted molar refractivity (Wildman–Crippen MR) is 94.4 cm³/mol. The van der Waals surface area contributed by atoms with Crippen LogP contribution in [0.5, 0.6) is 0 Å². The molecule has 0 bridgehead atoms. The standard InChI is InChI=1S/C16H22N6O3/c1-21-7-10(5-12(21)9-23)20-16(25)14-6-11(8-22(14)2)19-15(24)13(18)3-4-17/h5-9,13H,3-4,17-18H2,1-2H3,(H,19,24)(H,20,25). The molecule has 2 rings (SSSR count). The summed E-state index contributed by atoms with van der Waals surface area (Å²) >= 11 is 0. The molecule has 9 nitrogen and oxygen atoms in total. The van der Waals surface area contributed by atoms with Gasteiger partial charge in [0.25, 0.3) is 5.91 Å². The molecule has 6 N–H and O–H groups in total. The number of nitrogens with two attached hydrogens (primary N) is 2. The van der Waals surface area contributed by atoms with Crippen LogP contribution in [0.25, 0.3) is 0 Å². The summed E-state index contributed by atoms with van der Waals surface area (Å²) in [6.45, 7) is 0.316. The van der Waals surface area contributed by atoms with Crippen LogP contribution in [-0.2, 0) is 18.9 Å². The van der Waals surface area contributed by atoms with Crippen LogP contribution in [0, 0.1) is 0 Å². The first-order valence-electron chi connectivity index (χ1n) is 7.71. The van der Waals surface area contributed by atoms with E-state index in [1.165, 1.54) is 0 Å². The number of nitrogens with zero attached hydrogens (tertiary/aromatic N) is 2. The lowest BCUT2D eigenvalue weighted by Crippen LogP contribution is -2.37. The van der Waals surface area contributed by atoms with Gasteiger partial charge in [0.2, 0.25) is 5.91 Å². The SMILES string of the molecule is Cn1cc(NC(=O)c2cc(NC(=O)C(N)CCN)cn2C)cc1C=O. The summed E-state index contributed by atoms with van der Waals surface area (Å²) in [6.07, 6.45) is 4.33. The molecule has 1 atom stereocenters. The number of nitrogens with one attached hydrogen (secondary N) is 2. The molecular formula is C16H22N6O3. The third-order valence-electron chi connectivity index (χ3n) is 3.74. The number of aldehydes is 1. The summed E-state index contributed by atoms with van der Waals surface area (Å²) < 4.78 is 3.20. The van der Waals surface area contributed by atoms with E-state index in [-0.39, 0.29) is 11.8 Å². The van der Waals surface area contributed by atoms with Crippen molar-refractivity contribution in [2.24, 2.45) is 25.6 Å². The summed E-state index contributed by atoms with van der Waals surface area (Å²) in [5.41, 5.74) is 12.9. The minimum Gasteiger partial charge on any atom is -0.346 e. The van der Waals surface area contributed by atoms with E-state index in [0.717, 1.165) is 0 Å². The van der Waals surface area contributed by atoms with Gasteiger partial charge in [0, 0.05) is 26.5 Å². The molecular weight excluding hydrogens is 324 g/mol. The Hall–Kier alpha value is -2.91. The first-order valence-corrected chi connectivity index (χ1v) is 7.71.